The van der Waals surface area contributed by atoms with E-state index in [1.165, 1.54) is 128 Å². The molecule has 0 rings (SSSR count). The van der Waals surface area contributed by atoms with Gasteiger partial charge in [-0.05, 0) is 89.9 Å². The molecule has 0 aliphatic heterocycles. The maximum atomic E-state index is 12.6. The average molecular weight is 893 g/mol. The highest BCUT2D eigenvalue weighted by Crippen LogP contribution is 2.15. The van der Waals surface area contributed by atoms with E-state index in [9.17, 15) is 9.59 Å². The number of rotatable bonds is 50. The Hall–Kier alpha value is -2.66. The summed E-state index contributed by atoms with van der Waals surface area (Å²) in [5.41, 5.74) is 0. The van der Waals surface area contributed by atoms with Crippen LogP contribution in [0.4, 0.5) is 0 Å². The van der Waals surface area contributed by atoms with Gasteiger partial charge >= 0.3 is 11.9 Å². The van der Waals surface area contributed by atoms with Crippen LogP contribution in [0.2, 0.25) is 0 Å². The summed E-state index contributed by atoms with van der Waals surface area (Å²) in [6, 6.07) is 0. The summed E-state index contributed by atoms with van der Waals surface area (Å²) in [6.07, 6.45) is 70.8. The highest BCUT2D eigenvalue weighted by molar-refractivity contribution is 5.69. The molecule has 0 saturated carbocycles. The lowest BCUT2D eigenvalue weighted by Gasteiger charge is -2.18. The minimum absolute atomic E-state index is 0.139. The van der Waals surface area contributed by atoms with Crippen LogP contribution in [0.1, 0.15) is 265 Å². The third kappa shape index (κ3) is 52.0. The molecule has 0 radical (unpaired) electrons. The molecule has 0 saturated heterocycles. The fourth-order valence-corrected chi connectivity index (χ4v) is 7.62. The number of hydrogen-bond donors (Lipinski definition) is 0. The largest absolute Gasteiger partial charge is 0.463 e. The maximum Gasteiger partial charge on any atom is 0.305 e. The van der Waals surface area contributed by atoms with Crippen LogP contribution in [-0.4, -0.2) is 37.9 Å². The SMILES string of the molecule is CC/C=C\C/C=C\C/C=C\C/C=C\CCCCCCC(=O)OC[C@H](COC(=O)CCCCCCC/C=C\C/C=C\CCCCC)OCCCCCCCCCCCCCCCCCC. The molecule has 370 valence electrons. The molecule has 0 fully saturated rings. The molecule has 1 atom stereocenters. The first-order valence-electron chi connectivity index (χ1n) is 27.5. The van der Waals surface area contributed by atoms with Crippen molar-refractivity contribution in [2.45, 2.75) is 271 Å². The summed E-state index contributed by atoms with van der Waals surface area (Å²) in [7, 11) is 0. The van der Waals surface area contributed by atoms with Crippen LogP contribution in [-0.2, 0) is 23.8 Å². The number of unbranched alkanes of at least 4 members (excludes halogenated alkanes) is 27. The van der Waals surface area contributed by atoms with Gasteiger partial charge in [0.05, 0.1) is 0 Å². The van der Waals surface area contributed by atoms with Crippen molar-refractivity contribution in [1.29, 1.82) is 0 Å². The highest BCUT2D eigenvalue weighted by Gasteiger charge is 2.16. The van der Waals surface area contributed by atoms with Crippen LogP contribution in [0.25, 0.3) is 0 Å². The van der Waals surface area contributed by atoms with Gasteiger partial charge in [0, 0.05) is 19.4 Å². The predicted octanol–water partition coefficient (Wildman–Crippen LogP) is 18.7. The summed E-state index contributed by atoms with van der Waals surface area (Å²) in [5.74, 6) is -0.371. The summed E-state index contributed by atoms with van der Waals surface area (Å²) in [6.45, 7) is 7.57. The summed E-state index contributed by atoms with van der Waals surface area (Å²) < 4.78 is 17.5. The average Bonchev–Trinajstić information content (AvgIpc) is 3.30. The standard InChI is InChI=1S/C59H104O5/c1-4-7-10-13-16-19-22-25-28-30-32-35-38-41-44-47-50-53-59(61)64-56-57(62-54-51-48-45-42-39-36-33-29-26-23-20-17-14-11-8-5-2)55-63-58(60)52-49-46-43-40-37-34-31-27-24-21-18-15-12-9-6-3/h7,10,16,18-19,21,25,27-28,31-32,35,57H,4-6,8-9,11-15,17,20,22-24,26,29-30,33-34,36-56H2,1-3H3/b10-7-,19-16-,21-18-,28-25-,31-27-,35-32-/t57-/m0/s1. The fraction of sp³-hybridized carbons (Fsp3) is 0.763. The second-order valence-electron chi connectivity index (χ2n) is 18.1. The Morgan fingerprint density at radius 1 is 0.344 bits per heavy atom. The van der Waals surface area contributed by atoms with E-state index in [0.717, 1.165) is 103 Å². The van der Waals surface area contributed by atoms with Gasteiger partial charge in [0.25, 0.3) is 0 Å². The first kappa shape index (κ1) is 61.3. The van der Waals surface area contributed by atoms with E-state index < -0.39 is 6.10 Å². The van der Waals surface area contributed by atoms with Crippen molar-refractivity contribution >= 4 is 11.9 Å². The van der Waals surface area contributed by atoms with Gasteiger partial charge in [0.2, 0.25) is 0 Å². The summed E-state index contributed by atoms with van der Waals surface area (Å²) >= 11 is 0. The van der Waals surface area contributed by atoms with Crippen LogP contribution < -0.4 is 0 Å². The molecule has 0 aromatic heterocycles. The molecule has 0 aliphatic rings. The smallest absolute Gasteiger partial charge is 0.305 e. The minimum atomic E-state index is -0.417. The van der Waals surface area contributed by atoms with Gasteiger partial charge in [-0.3, -0.25) is 9.59 Å². The van der Waals surface area contributed by atoms with Crippen molar-refractivity contribution < 1.29 is 23.8 Å². The van der Waals surface area contributed by atoms with Crippen LogP contribution in [0, 0.1) is 0 Å². The first-order valence-corrected chi connectivity index (χ1v) is 27.5. The molecule has 0 amide bonds. The van der Waals surface area contributed by atoms with Crippen LogP contribution >= 0.6 is 0 Å². The first-order chi connectivity index (χ1) is 31.6. The molecule has 64 heavy (non-hydrogen) atoms. The van der Waals surface area contributed by atoms with E-state index in [4.69, 9.17) is 14.2 Å². The Kier molecular flexibility index (Phi) is 52.4. The molecule has 0 unspecified atom stereocenters. The van der Waals surface area contributed by atoms with Crippen LogP contribution in [0.5, 0.6) is 0 Å². The fourth-order valence-electron chi connectivity index (χ4n) is 7.62. The summed E-state index contributed by atoms with van der Waals surface area (Å²) in [5, 5.41) is 0. The van der Waals surface area contributed by atoms with Gasteiger partial charge in [-0.1, -0.05) is 235 Å². The second-order valence-corrected chi connectivity index (χ2v) is 18.1. The molecule has 0 N–H and O–H groups in total. The predicted molar refractivity (Wildman–Crippen MR) is 279 cm³/mol. The zero-order valence-electron chi connectivity index (χ0n) is 42.5. The number of esters is 2. The minimum Gasteiger partial charge on any atom is -0.463 e. The third-order valence-electron chi connectivity index (χ3n) is 11.8. The number of hydrogen-bond acceptors (Lipinski definition) is 5. The molecule has 5 heteroatoms. The second kappa shape index (κ2) is 54.7. The molecule has 0 aromatic carbocycles. The number of carbonyl (C=O) groups excluding carboxylic acids is 2. The molecule has 0 spiro atoms. The van der Waals surface area contributed by atoms with E-state index in [1.54, 1.807) is 0 Å². The van der Waals surface area contributed by atoms with Crippen molar-refractivity contribution in [3.05, 3.63) is 72.9 Å². The third-order valence-corrected chi connectivity index (χ3v) is 11.8. The van der Waals surface area contributed by atoms with E-state index in [0.29, 0.717) is 19.4 Å². The van der Waals surface area contributed by atoms with Gasteiger partial charge in [-0.25, -0.2) is 0 Å². The number of carbonyl (C=O) groups is 2. The zero-order chi connectivity index (χ0) is 46.3. The van der Waals surface area contributed by atoms with E-state index in [2.05, 4.69) is 93.7 Å². The normalized spacial score (nSPS) is 12.7. The van der Waals surface area contributed by atoms with Gasteiger partial charge in [0.1, 0.15) is 19.3 Å². The van der Waals surface area contributed by atoms with Crippen LogP contribution in [0.3, 0.4) is 0 Å². The van der Waals surface area contributed by atoms with Crippen molar-refractivity contribution in [2.24, 2.45) is 0 Å². The molecule has 0 heterocycles. The quantitative estimate of drug-likeness (QED) is 0.0346. The Bertz CT molecular complexity index is 1150. The Labute approximate surface area is 397 Å². The van der Waals surface area contributed by atoms with Gasteiger partial charge in [0.15, 0.2) is 0 Å². The monoisotopic (exact) mass is 893 g/mol. The molecule has 0 bridgehead atoms. The van der Waals surface area contributed by atoms with Gasteiger partial charge in [-0.2, -0.15) is 0 Å². The van der Waals surface area contributed by atoms with E-state index in [-0.39, 0.29) is 25.2 Å². The Morgan fingerprint density at radius 2 is 0.641 bits per heavy atom. The molecular weight excluding hydrogens is 789 g/mol. The summed E-state index contributed by atoms with van der Waals surface area (Å²) in [4.78, 5) is 25.3. The van der Waals surface area contributed by atoms with Crippen molar-refractivity contribution in [3.63, 3.8) is 0 Å². The van der Waals surface area contributed by atoms with Gasteiger partial charge in [-0.15, -0.1) is 0 Å². The Morgan fingerprint density at radius 3 is 1.03 bits per heavy atom. The number of allylic oxidation sites excluding steroid dienone is 12. The lowest BCUT2D eigenvalue weighted by atomic mass is 10.0. The Balaban J connectivity index is 4.32. The zero-order valence-corrected chi connectivity index (χ0v) is 42.5. The topological polar surface area (TPSA) is 61.8 Å². The van der Waals surface area contributed by atoms with E-state index >= 15 is 0 Å². The van der Waals surface area contributed by atoms with E-state index in [1.807, 2.05) is 0 Å². The van der Waals surface area contributed by atoms with Crippen LogP contribution in [0.15, 0.2) is 72.9 Å². The van der Waals surface area contributed by atoms with Crippen molar-refractivity contribution in [1.82, 2.24) is 0 Å². The molecule has 0 aliphatic carbocycles. The maximum absolute atomic E-state index is 12.6. The van der Waals surface area contributed by atoms with Crippen molar-refractivity contribution in [2.75, 3.05) is 19.8 Å². The van der Waals surface area contributed by atoms with Gasteiger partial charge < -0.3 is 14.2 Å². The lowest BCUT2D eigenvalue weighted by molar-refractivity contribution is -0.155. The molecular formula is C59H104O5. The highest BCUT2D eigenvalue weighted by atomic mass is 16.6. The van der Waals surface area contributed by atoms with Crippen molar-refractivity contribution in [3.8, 4) is 0 Å². The molecule has 0 aromatic rings. The number of ether oxygens (including phenoxy) is 3. The molecule has 5 nitrogen and oxygen atoms in total. The lowest BCUT2D eigenvalue weighted by Crippen LogP contribution is -2.29.